The Morgan fingerprint density at radius 2 is 2.06 bits per heavy atom. The van der Waals surface area contributed by atoms with Crippen molar-refractivity contribution in [2.45, 2.75) is 57.9 Å². The minimum atomic E-state index is 0.243. The van der Waals surface area contributed by atoms with E-state index in [4.69, 9.17) is 5.73 Å². The van der Waals surface area contributed by atoms with E-state index in [1.165, 1.54) is 32.1 Å². The second kappa shape index (κ2) is 7.08. The zero-order chi connectivity index (χ0) is 11.9. The van der Waals surface area contributed by atoms with Crippen molar-refractivity contribution >= 4 is 0 Å². The quantitative estimate of drug-likeness (QED) is 0.538. The van der Waals surface area contributed by atoms with Crippen LogP contribution in [0.4, 0.5) is 0 Å². The van der Waals surface area contributed by atoms with Crippen molar-refractivity contribution in [3.05, 3.63) is 12.2 Å². The lowest BCUT2D eigenvalue weighted by atomic mass is 9.75. The fourth-order valence-electron chi connectivity index (χ4n) is 2.68. The van der Waals surface area contributed by atoms with Crippen LogP contribution in [0.3, 0.4) is 0 Å². The first-order valence-electron chi connectivity index (χ1n) is 6.82. The second-order valence-corrected chi connectivity index (χ2v) is 5.12. The minimum absolute atomic E-state index is 0.243. The molecule has 0 heterocycles. The van der Waals surface area contributed by atoms with Crippen LogP contribution in [0, 0.1) is 5.92 Å². The van der Waals surface area contributed by atoms with Crippen molar-refractivity contribution in [1.29, 1.82) is 0 Å². The SMILES string of the molecule is C/C=C/CCNC1(CN)CCC(CC)CC1. The maximum Gasteiger partial charge on any atom is 0.0304 e. The Kier molecular flexibility index (Phi) is 6.07. The number of hydrogen-bond acceptors (Lipinski definition) is 2. The Morgan fingerprint density at radius 1 is 1.38 bits per heavy atom. The van der Waals surface area contributed by atoms with E-state index in [1.807, 2.05) is 0 Å². The van der Waals surface area contributed by atoms with Crippen LogP contribution in [-0.4, -0.2) is 18.6 Å². The molecule has 94 valence electrons. The van der Waals surface area contributed by atoms with Gasteiger partial charge in [0.2, 0.25) is 0 Å². The number of nitrogens with two attached hydrogens (primary N) is 1. The van der Waals surface area contributed by atoms with Crippen LogP contribution in [0.1, 0.15) is 52.4 Å². The Balaban J connectivity index is 2.34. The summed E-state index contributed by atoms with van der Waals surface area (Å²) in [5.74, 6) is 0.942. The van der Waals surface area contributed by atoms with Crippen molar-refractivity contribution in [3.63, 3.8) is 0 Å². The van der Waals surface area contributed by atoms with E-state index >= 15 is 0 Å². The predicted molar refractivity (Wildman–Crippen MR) is 71.5 cm³/mol. The molecule has 1 fully saturated rings. The molecule has 0 spiro atoms. The second-order valence-electron chi connectivity index (χ2n) is 5.12. The molecule has 0 unspecified atom stereocenters. The summed E-state index contributed by atoms with van der Waals surface area (Å²) in [5.41, 5.74) is 6.20. The van der Waals surface area contributed by atoms with Gasteiger partial charge in [-0.25, -0.2) is 0 Å². The summed E-state index contributed by atoms with van der Waals surface area (Å²) in [6.07, 6.45) is 12.0. The van der Waals surface area contributed by atoms with Gasteiger partial charge < -0.3 is 11.1 Å². The molecule has 16 heavy (non-hydrogen) atoms. The Morgan fingerprint density at radius 3 is 2.56 bits per heavy atom. The molecule has 2 heteroatoms. The Labute approximate surface area is 101 Å². The third-order valence-corrected chi connectivity index (χ3v) is 4.08. The van der Waals surface area contributed by atoms with Gasteiger partial charge in [-0.15, -0.1) is 0 Å². The van der Waals surface area contributed by atoms with Crippen molar-refractivity contribution in [1.82, 2.24) is 5.32 Å². The average Bonchev–Trinajstić information content (AvgIpc) is 2.35. The highest BCUT2D eigenvalue weighted by molar-refractivity contribution is 4.94. The topological polar surface area (TPSA) is 38.0 Å². The van der Waals surface area contributed by atoms with Gasteiger partial charge in [-0.1, -0.05) is 25.5 Å². The average molecular weight is 224 g/mol. The molecule has 0 radical (unpaired) electrons. The molecule has 0 bridgehead atoms. The Hall–Kier alpha value is -0.340. The summed E-state index contributed by atoms with van der Waals surface area (Å²) >= 11 is 0. The summed E-state index contributed by atoms with van der Waals surface area (Å²) in [4.78, 5) is 0. The van der Waals surface area contributed by atoms with E-state index < -0.39 is 0 Å². The summed E-state index contributed by atoms with van der Waals surface area (Å²) in [6.45, 7) is 6.24. The highest BCUT2D eigenvalue weighted by Crippen LogP contribution is 2.33. The van der Waals surface area contributed by atoms with Gasteiger partial charge in [0, 0.05) is 12.1 Å². The van der Waals surface area contributed by atoms with Crippen LogP contribution in [-0.2, 0) is 0 Å². The molecule has 1 aliphatic carbocycles. The molecular weight excluding hydrogens is 196 g/mol. The first-order chi connectivity index (χ1) is 7.76. The van der Waals surface area contributed by atoms with Gasteiger partial charge in [-0.3, -0.25) is 0 Å². The smallest absolute Gasteiger partial charge is 0.0304 e. The van der Waals surface area contributed by atoms with E-state index in [2.05, 4.69) is 31.3 Å². The predicted octanol–water partition coefficient (Wildman–Crippen LogP) is 2.84. The van der Waals surface area contributed by atoms with Crippen LogP contribution >= 0.6 is 0 Å². The van der Waals surface area contributed by atoms with Crippen LogP contribution in [0.15, 0.2) is 12.2 Å². The van der Waals surface area contributed by atoms with E-state index in [-0.39, 0.29) is 5.54 Å². The molecule has 0 amide bonds. The highest BCUT2D eigenvalue weighted by atomic mass is 15.0. The molecule has 2 nitrogen and oxygen atoms in total. The summed E-state index contributed by atoms with van der Waals surface area (Å²) in [6, 6.07) is 0. The normalized spacial score (nSPS) is 31.1. The fourth-order valence-corrected chi connectivity index (χ4v) is 2.68. The van der Waals surface area contributed by atoms with Crippen molar-refractivity contribution in [3.8, 4) is 0 Å². The van der Waals surface area contributed by atoms with Gasteiger partial charge in [-0.2, -0.15) is 0 Å². The van der Waals surface area contributed by atoms with Crippen molar-refractivity contribution in [2.75, 3.05) is 13.1 Å². The van der Waals surface area contributed by atoms with Crippen molar-refractivity contribution < 1.29 is 0 Å². The summed E-state index contributed by atoms with van der Waals surface area (Å²) in [7, 11) is 0. The minimum Gasteiger partial charge on any atom is -0.329 e. The lowest BCUT2D eigenvalue weighted by molar-refractivity contribution is 0.192. The van der Waals surface area contributed by atoms with Gasteiger partial charge in [0.1, 0.15) is 0 Å². The van der Waals surface area contributed by atoms with E-state index in [9.17, 15) is 0 Å². The lowest BCUT2D eigenvalue weighted by Gasteiger charge is -2.40. The van der Waals surface area contributed by atoms with E-state index in [1.54, 1.807) is 0 Å². The maximum absolute atomic E-state index is 5.96. The molecule has 1 saturated carbocycles. The van der Waals surface area contributed by atoms with E-state index in [0.29, 0.717) is 0 Å². The zero-order valence-corrected chi connectivity index (χ0v) is 11.0. The van der Waals surface area contributed by atoms with E-state index in [0.717, 1.165) is 25.4 Å². The molecule has 0 aromatic rings. The Bertz CT molecular complexity index is 203. The van der Waals surface area contributed by atoms with Crippen LogP contribution in [0.5, 0.6) is 0 Å². The summed E-state index contributed by atoms with van der Waals surface area (Å²) < 4.78 is 0. The molecule has 0 atom stereocenters. The standard InChI is InChI=1S/C14H28N2/c1-3-5-6-11-16-14(12-15)9-7-13(4-2)8-10-14/h3,5,13,16H,4,6-12,15H2,1-2H3/b5-3+. The molecule has 0 saturated heterocycles. The van der Waals surface area contributed by atoms with Crippen LogP contribution < -0.4 is 11.1 Å². The molecule has 0 aromatic carbocycles. The first kappa shape index (κ1) is 13.7. The molecule has 1 rings (SSSR count). The zero-order valence-electron chi connectivity index (χ0n) is 11.0. The summed E-state index contributed by atoms with van der Waals surface area (Å²) in [5, 5.41) is 3.69. The number of allylic oxidation sites excluding steroid dienone is 1. The third-order valence-electron chi connectivity index (χ3n) is 4.08. The monoisotopic (exact) mass is 224 g/mol. The fraction of sp³-hybridized carbons (Fsp3) is 0.857. The number of hydrogen-bond donors (Lipinski definition) is 2. The van der Waals surface area contributed by atoms with Crippen LogP contribution in [0.25, 0.3) is 0 Å². The largest absolute Gasteiger partial charge is 0.329 e. The van der Waals surface area contributed by atoms with Gasteiger partial charge in [0.05, 0.1) is 0 Å². The van der Waals surface area contributed by atoms with Gasteiger partial charge >= 0.3 is 0 Å². The number of nitrogens with one attached hydrogen (secondary N) is 1. The molecule has 0 aromatic heterocycles. The molecule has 3 N–H and O–H groups in total. The van der Waals surface area contributed by atoms with Crippen LogP contribution in [0.2, 0.25) is 0 Å². The molecular formula is C14H28N2. The molecule has 1 aliphatic rings. The number of rotatable bonds is 6. The molecule has 0 aliphatic heterocycles. The van der Waals surface area contributed by atoms with Gasteiger partial charge in [0.25, 0.3) is 0 Å². The maximum atomic E-state index is 5.96. The first-order valence-corrected chi connectivity index (χ1v) is 6.82. The third kappa shape index (κ3) is 3.91. The highest BCUT2D eigenvalue weighted by Gasteiger charge is 2.32. The van der Waals surface area contributed by atoms with Crippen molar-refractivity contribution in [2.24, 2.45) is 11.7 Å². The van der Waals surface area contributed by atoms with Gasteiger partial charge in [-0.05, 0) is 51.5 Å². The lowest BCUT2D eigenvalue weighted by Crippen LogP contribution is -2.53. The van der Waals surface area contributed by atoms with Gasteiger partial charge in [0.15, 0.2) is 0 Å².